The molecule has 0 aliphatic carbocycles. The van der Waals surface area contributed by atoms with Crippen LogP contribution in [0.15, 0.2) is 65.7 Å². The van der Waals surface area contributed by atoms with Gasteiger partial charge in [0.15, 0.2) is 11.7 Å². The minimum atomic E-state index is -0.403. The maximum Gasteiger partial charge on any atom is 0.323 e. The molecule has 2 fully saturated rings. The Bertz CT molecular complexity index is 1490. The normalized spacial score (nSPS) is 16.5. The Hall–Kier alpha value is -4.48. The van der Waals surface area contributed by atoms with E-state index in [1.807, 2.05) is 11.0 Å². The predicted molar refractivity (Wildman–Crippen MR) is 174 cm³/mol. The van der Waals surface area contributed by atoms with Crippen molar-refractivity contribution in [3.05, 3.63) is 83.2 Å². The molecular formula is C33H42N8O3. The zero-order valence-corrected chi connectivity index (χ0v) is 25.9. The van der Waals surface area contributed by atoms with Crippen LogP contribution in [0, 0.1) is 5.41 Å². The van der Waals surface area contributed by atoms with Gasteiger partial charge in [0.25, 0.3) is 5.91 Å². The fourth-order valence-electron chi connectivity index (χ4n) is 5.10. The summed E-state index contributed by atoms with van der Waals surface area (Å²) in [6.07, 6.45) is 0. The number of hydrogen-bond donors (Lipinski definition) is 4. The largest absolute Gasteiger partial charge is 0.378 e. The minimum absolute atomic E-state index is 0.00344. The van der Waals surface area contributed by atoms with E-state index in [4.69, 9.17) is 15.1 Å². The quantitative estimate of drug-likeness (QED) is 0.255. The van der Waals surface area contributed by atoms with E-state index in [0.717, 1.165) is 24.5 Å². The predicted octanol–water partition coefficient (Wildman–Crippen LogP) is 4.45. The van der Waals surface area contributed by atoms with Crippen LogP contribution in [0.2, 0.25) is 0 Å². The van der Waals surface area contributed by atoms with E-state index in [-0.39, 0.29) is 17.2 Å². The number of carbonyl (C=O) groups excluding carboxylic acids is 2. The third kappa shape index (κ3) is 7.72. The number of aliphatic imine (C=N–C) groups is 1. The molecule has 3 heterocycles. The molecule has 2 aromatic carbocycles. The van der Waals surface area contributed by atoms with Crippen LogP contribution in [0.3, 0.4) is 0 Å². The summed E-state index contributed by atoms with van der Waals surface area (Å²) in [5.41, 5.74) is 4.33. The lowest BCUT2D eigenvalue weighted by Crippen LogP contribution is -2.47. The number of nitrogens with zero attached hydrogens (tertiary/aromatic N) is 4. The highest BCUT2D eigenvalue weighted by atomic mass is 16.5. The summed E-state index contributed by atoms with van der Waals surface area (Å²) in [4.78, 5) is 39.9. The van der Waals surface area contributed by atoms with E-state index in [1.54, 1.807) is 48.5 Å². The van der Waals surface area contributed by atoms with Gasteiger partial charge in [0.2, 0.25) is 0 Å². The van der Waals surface area contributed by atoms with Crippen molar-refractivity contribution in [1.82, 2.24) is 19.7 Å². The van der Waals surface area contributed by atoms with Crippen LogP contribution in [-0.2, 0) is 10.2 Å². The average Bonchev–Trinajstić information content (AvgIpc) is 3.52. The molecule has 4 N–H and O–H groups in total. The van der Waals surface area contributed by atoms with Crippen LogP contribution in [0.1, 0.15) is 48.1 Å². The van der Waals surface area contributed by atoms with Crippen molar-refractivity contribution in [2.45, 2.75) is 26.2 Å². The number of ether oxygens (including phenoxy) is 1. The van der Waals surface area contributed by atoms with Crippen molar-refractivity contribution >= 4 is 35.0 Å². The van der Waals surface area contributed by atoms with Crippen molar-refractivity contribution in [3.63, 3.8) is 0 Å². The number of carbonyl (C=O) groups is 2. The monoisotopic (exact) mass is 598 g/mol. The topological polar surface area (TPSA) is 129 Å². The molecule has 1 aromatic heterocycles. The summed E-state index contributed by atoms with van der Waals surface area (Å²) >= 11 is 0. The van der Waals surface area contributed by atoms with Crippen molar-refractivity contribution in [2.24, 2.45) is 4.99 Å². The highest BCUT2D eigenvalue weighted by Gasteiger charge is 2.23. The first-order chi connectivity index (χ1) is 21.1. The Morgan fingerprint density at radius 1 is 0.795 bits per heavy atom. The lowest BCUT2D eigenvalue weighted by Gasteiger charge is -2.32. The number of H-pyrrole nitrogens is 1. The van der Waals surface area contributed by atoms with Crippen LogP contribution in [0.25, 0.3) is 0 Å². The van der Waals surface area contributed by atoms with Gasteiger partial charge >= 0.3 is 6.03 Å². The number of nitrogens with one attached hydrogen (secondary N) is 4. The minimum Gasteiger partial charge on any atom is -0.378 e. The van der Waals surface area contributed by atoms with Crippen molar-refractivity contribution in [3.8, 4) is 0 Å². The summed E-state index contributed by atoms with van der Waals surface area (Å²) in [6.45, 7) is 12.2. The first-order valence-corrected chi connectivity index (χ1v) is 15.0. The Labute approximate surface area is 258 Å². The number of morpholine rings is 1. The number of rotatable bonds is 5. The molecule has 0 atom stereocenters. The molecule has 11 nitrogen and oxygen atoms in total. The molecule has 0 radical (unpaired) electrons. The van der Waals surface area contributed by atoms with Crippen LogP contribution < -0.4 is 10.6 Å². The molecule has 11 heteroatoms. The van der Waals surface area contributed by atoms with Crippen molar-refractivity contribution < 1.29 is 14.3 Å². The zero-order valence-electron chi connectivity index (χ0n) is 25.9. The Morgan fingerprint density at radius 3 is 1.91 bits per heavy atom. The molecule has 0 unspecified atom stereocenters. The second kappa shape index (κ2) is 13.4. The van der Waals surface area contributed by atoms with Gasteiger partial charge in [0.1, 0.15) is 0 Å². The first-order valence-electron chi connectivity index (χ1n) is 15.0. The molecule has 44 heavy (non-hydrogen) atoms. The number of benzene rings is 2. The molecule has 5 rings (SSSR count). The van der Waals surface area contributed by atoms with Gasteiger partial charge in [-0.1, -0.05) is 20.8 Å². The standard InChI is InChI=1S/C33H42N8O3/c1-33(2,3)28-14-13-27(37-28)30(40-19-21-44-22-20-40)38-29(34)23-5-9-25(10-6-23)35-32(43)36-26-11-7-24(8-12-26)31(42)41-17-15-39(4)16-18-41/h5-14,34,37H,15-22H2,1-4H3,(H2,35,36,43)/b34-29?,38-30+. The van der Waals surface area contributed by atoms with Gasteiger partial charge in [0, 0.05) is 72.9 Å². The molecule has 0 spiro atoms. The number of amidine groups is 2. The lowest BCUT2D eigenvalue weighted by molar-refractivity contribution is 0.0664. The van der Waals surface area contributed by atoms with Gasteiger partial charge in [-0.3, -0.25) is 10.2 Å². The number of aromatic amines is 1. The number of urea groups is 1. The third-order valence-electron chi connectivity index (χ3n) is 7.86. The van der Waals surface area contributed by atoms with Crippen molar-refractivity contribution in [2.75, 3.05) is 70.2 Å². The van der Waals surface area contributed by atoms with Gasteiger partial charge in [-0.05, 0) is 67.7 Å². The molecule has 0 saturated carbocycles. The molecule has 0 bridgehead atoms. The Morgan fingerprint density at radius 2 is 1.36 bits per heavy atom. The van der Waals surface area contributed by atoms with E-state index in [9.17, 15) is 9.59 Å². The highest BCUT2D eigenvalue weighted by Crippen LogP contribution is 2.22. The van der Waals surface area contributed by atoms with Crippen LogP contribution in [0.5, 0.6) is 0 Å². The molecule has 3 aromatic rings. The molecule has 232 valence electrons. The second-order valence-corrected chi connectivity index (χ2v) is 12.2. The van der Waals surface area contributed by atoms with E-state index in [2.05, 4.69) is 59.3 Å². The van der Waals surface area contributed by atoms with E-state index < -0.39 is 6.03 Å². The summed E-state index contributed by atoms with van der Waals surface area (Å²) in [5, 5.41) is 14.4. The van der Waals surface area contributed by atoms with E-state index in [1.165, 1.54) is 0 Å². The van der Waals surface area contributed by atoms with Crippen LogP contribution >= 0.6 is 0 Å². The maximum absolute atomic E-state index is 12.8. The molecule has 2 aliphatic rings. The molecule has 2 saturated heterocycles. The number of aromatic nitrogens is 1. The second-order valence-electron chi connectivity index (χ2n) is 12.2. The number of piperazine rings is 1. The molecular weight excluding hydrogens is 556 g/mol. The number of hydrogen-bond acceptors (Lipinski definition) is 5. The molecule has 3 amide bonds. The highest BCUT2D eigenvalue weighted by molar-refractivity contribution is 6.10. The fourth-order valence-corrected chi connectivity index (χ4v) is 5.10. The van der Waals surface area contributed by atoms with Gasteiger partial charge in [-0.25, -0.2) is 9.79 Å². The van der Waals surface area contributed by atoms with E-state index >= 15 is 0 Å². The van der Waals surface area contributed by atoms with Crippen molar-refractivity contribution in [1.29, 1.82) is 5.41 Å². The Balaban J connectivity index is 1.20. The SMILES string of the molecule is CN1CCN(C(=O)c2ccc(NC(=O)Nc3ccc(C(=N)/N=C(\c4ccc(C(C)(C)C)[nH]4)N4CCOCC4)cc3)cc2)CC1. The summed E-state index contributed by atoms with van der Waals surface area (Å²) in [6, 6.07) is 17.7. The third-order valence-corrected chi connectivity index (χ3v) is 7.86. The summed E-state index contributed by atoms with van der Waals surface area (Å²) in [5.74, 6) is 0.843. The Kier molecular flexibility index (Phi) is 9.46. The van der Waals surface area contributed by atoms with Gasteiger partial charge in [-0.2, -0.15) is 0 Å². The van der Waals surface area contributed by atoms with Crippen LogP contribution in [0.4, 0.5) is 16.2 Å². The molecule has 2 aliphatic heterocycles. The van der Waals surface area contributed by atoms with E-state index in [0.29, 0.717) is 67.7 Å². The van der Waals surface area contributed by atoms with Gasteiger partial charge in [0.05, 0.1) is 18.9 Å². The van der Waals surface area contributed by atoms with Crippen LogP contribution in [-0.4, -0.2) is 103 Å². The zero-order chi connectivity index (χ0) is 31.3. The average molecular weight is 599 g/mol. The summed E-state index contributed by atoms with van der Waals surface area (Å²) in [7, 11) is 2.05. The smallest absolute Gasteiger partial charge is 0.323 e. The first kappa shape index (κ1) is 31.0. The number of amides is 3. The number of anilines is 2. The number of likely N-dealkylation sites (N-methyl/N-ethyl adjacent to an activating group) is 1. The van der Waals surface area contributed by atoms with Gasteiger partial charge < -0.3 is 35.1 Å². The maximum atomic E-state index is 12.8. The van der Waals surface area contributed by atoms with Gasteiger partial charge in [-0.15, -0.1) is 0 Å². The summed E-state index contributed by atoms with van der Waals surface area (Å²) < 4.78 is 5.54. The fraction of sp³-hybridized carbons (Fsp3) is 0.394. The lowest BCUT2D eigenvalue weighted by atomic mass is 9.93.